The van der Waals surface area contributed by atoms with Gasteiger partial charge in [0.1, 0.15) is 12.4 Å². The number of carbonyl (C=O) groups is 3. The monoisotopic (exact) mass is 280 g/mol. The molecule has 0 heterocycles. The molecular formula is C10H17ClN2O5. The molecule has 18 heavy (non-hydrogen) atoms. The van der Waals surface area contributed by atoms with Crippen molar-refractivity contribution in [2.24, 2.45) is 0 Å². The van der Waals surface area contributed by atoms with E-state index in [4.69, 9.17) is 21.1 Å². The number of ether oxygens (including phenoxy) is 2. The van der Waals surface area contributed by atoms with Crippen LogP contribution >= 0.6 is 11.6 Å². The van der Waals surface area contributed by atoms with E-state index >= 15 is 0 Å². The molecule has 0 unspecified atom stereocenters. The van der Waals surface area contributed by atoms with E-state index < -0.39 is 17.9 Å². The number of carbonyl (C=O) groups excluding carboxylic acids is 3. The molecule has 7 nitrogen and oxygen atoms in total. The van der Waals surface area contributed by atoms with Crippen LogP contribution in [0.1, 0.15) is 6.92 Å². The molecule has 0 aliphatic rings. The number of nitrogens with zero attached hydrogens (tertiary/aromatic N) is 1. The van der Waals surface area contributed by atoms with E-state index in [2.05, 4.69) is 0 Å². The van der Waals surface area contributed by atoms with Gasteiger partial charge in [0.25, 0.3) is 0 Å². The van der Waals surface area contributed by atoms with E-state index in [0.29, 0.717) is 0 Å². The van der Waals surface area contributed by atoms with Gasteiger partial charge in [0.05, 0.1) is 13.2 Å². The quantitative estimate of drug-likeness (QED) is 0.523. The fourth-order valence-electron chi connectivity index (χ4n) is 1.05. The average Bonchev–Trinajstić information content (AvgIpc) is 2.34. The molecule has 0 aliphatic heterocycles. The minimum Gasteiger partial charge on any atom is -0.465 e. The Hall–Kier alpha value is -1.34. The van der Waals surface area contributed by atoms with Crippen LogP contribution in [0, 0.1) is 0 Å². The van der Waals surface area contributed by atoms with Crippen LogP contribution in [0.15, 0.2) is 0 Å². The SMILES string of the molecule is CCOC(=O)CN(CCOC)C(=O)NC(=O)CCl. The molecule has 0 spiro atoms. The van der Waals surface area contributed by atoms with Gasteiger partial charge in [-0.3, -0.25) is 14.9 Å². The van der Waals surface area contributed by atoms with Crippen LogP contribution in [0.25, 0.3) is 0 Å². The lowest BCUT2D eigenvalue weighted by molar-refractivity contribution is -0.144. The number of hydrogen-bond donors (Lipinski definition) is 1. The molecule has 0 radical (unpaired) electrons. The minimum atomic E-state index is -0.703. The summed E-state index contributed by atoms with van der Waals surface area (Å²) in [7, 11) is 1.46. The molecular weight excluding hydrogens is 264 g/mol. The second kappa shape index (κ2) is 9.67. The molecule has 0 saturated carbocycles. The van der Waals surface area contributed by atoms with E-state index in [9.17, 15) is 14.4 Å². The van der Waals surface area contributed by atoms with E-state index in [1.807, 2.05) is 5.32 Å². The summed E-state index contributed by atoms with van der Waals surface area (Å²) >= 11 is 5.26. The molecule has 0 aromatic carbocycles. The Morgan fingerprint density at radius 2 is 2.00 bits per heavy atom. The fourth-order valence-corrected chi connectivity index (χ4v) is 1.11. The van der Waals surface area contributed by atoms with Gasteiger partial charge in [0.2, 0.25) is 5.91 Å². The Balaban J connectivity index is 4.40. The second-order valence-electron chi connectivity index (χ2n) is 3.21. The van der Waals surface area contributed by atoms with Gasteiger partial charge in [-0.05, 0) is 6.92 Å². The van der Waals surface area contributed by atoms with Gasteiger partial charge in [-0.25, -0.2) is 4.79 Å². The topological polar surface area (TPSA) is 84.9 Å². The Bertz CT molecular complexity index is 298. The van der Waals surface area contributed by atoms with Gasteiger partial charge < -0.3 is 14.4 Å². The predicted octanol–water partition coefficient (Wildman–Crippen LogP) is -0.0271. The number of nitrogens with one attached hydrogen (secondary N) is 1. The van der Waals surface area contributed by atoms with Crippen molar-refractivity contribution in [1.82, 2.24) is 10.2 Å². The van der Waals surface area contributed by atoms with E-state index in [0.717, 1.165) is 4.90 Å². The van der Waals surface area contributed by atoms with Crippen LogP contribution < -0.4 is 5.32 Å². The highest BCUT2D eigenvalue weighted by Crippen LogP contribution is 1.93. The smallest absolute Gasteiger partial charge is 0.325 e. The van der Waals surface area contributed by atoms with Gasteiger partial charge >= 0.3 is 12.0 Å². The van der Waals surface area contributed by atoms with Crippen molar-refractivity contribution in [3.8, 4) is 0 Å². The van der Waals surface area contributed by atoms with Crippen molar-refractivity contribution in [3.63, 3.8) is 0 Å². The average molecular weight is 281 g/mol. The molecule has 0 rings (SSSR count). The zero-order chi connectivity index (χ0) is 14.0. The number of imide groups is 1. The van der Waals surface area contributed by atoms with Crippen molar-refractivity contribution in [2.75, 3.05) is 39.3 Å². The van der Waals surface area contributed by atoms with Crippen LogP contribution in [-0.2, 0) is 19.1 Å². The summed E-state index contributed by atoms with van der Waals surface area (Å²) in [5.74, 6) is -1.52. The summed E-state index contributed by atoms with van der Waals surface area (Å²) < 4.78 is 9.53. The third-order valence-corrected chi connectivity index (χ3v) is 2.09. The summed E-state index contributed by atoms with van der Waals surface area (Å²) in [4.78, 5) is 35.0. The summed E-state index contributed by atoms with van der Waals surface area (Å²) in [6.45, 7) is 2.03. The lowest BCUT2D eigenvalue weighted by Crippen LogP contribution is -2.47. The van der Waals surface area contributed by atoms with Crippen LogP contribution in [0.2, 0.25) is 0 Å². The normalized spacial score (nSPS) is 9.72. The highest BCUT2D eigenvalue weighted by Gasteiger charge is 2.19. The zero-order valence-corrected chi connectivity index (χ0v) is 11.2. The molecule has 0 aromatic heterocycles. The van der Waals surface area contributed by atoms with Crippen molar-refractivity contribution in [3.05, 3.63) is 0 Å². The Kier molecular flexibility index (Phi) is 8.95. The largest absolute Gasteiger partial charge is 0.465 e. The second-order valence-corrected chi connectivity index (χ2v) is 3.47. The highest BCUT2D eigenvalue weighted by atomic mass is 35.5. The van der Waals surface area contributed by atoms with Gasteiger partial charge in [0, 0.05) is 13.7 Å². The maximum atomic E-state index is 11.6. The number of amides is 3. The molecule has 3 amide bonds. The lowest BCUT2D eigenvalue weighted by Gasteiger charge is -2.20. The molecule has 104 valence electrons. The summed E-state index contributed by atoms with van der Waals surface area (Å²) in [5, 5.41) is 2.04. The molecule has 0 aliphatic carbocycles. The number of alkyl halides is 1. The predicted molar refractivity (Wildman–Crippen MR) is 64.3 cm³/mol. The number of halogens is 1. The van der Waals surface area contributed by atoms with E-state index in [1.165, 1.54) is 7.11 Å². The van der Waals surface area contributed by atoms with Gasteiger partial charge in [-0.1, -0.05) is 0 Å². The van der Waals surface area contributed by atoms with Crippen LogP contribution in [-0.4, -0.2) is 62.1 Å². The van der Waals surface area contributed by atoms with Gasteiger partial charge in [-0.15, -0.1) is 11.6 Å². The van der Waals surface area contributed by atoms with Crippen molar-refractivity contribution >= 4 is 29.5 Å². The van der Waals surface area contributed by atoms with E-state index in [-0.39, 0.29) is 32.2 Å². The van der Waals surface area contributed by atoms with Gasteiger partial charge in [-0.2, -0.15) is 0 Å². The molecule has 0 atom stereocenters. The van der Waals surface area contributed by atoms with Crippen molar-refractivity contribution < 1.29 is 23.9 Å². The first-order valence-corrected chi connectivity index (χ1v) is 5.87. The minimum absolute atomic E-state index is 0.163. The van der Waals surface area contributed by atoms with E-state index in [1.54, 1.807) is 6.92 Å². The summed E-state index contributed by atoms with van der Waals surface area (Å²) in [5.41, 5.74) is 0. The number of esters is 1. The summed E-state index contributed by atoms with van der Waals surface area (Å²) in [6, 6.07) is -0.703. The summed E-state index contributed by atoms with van der Waals surface area (Å²) in [6.07, 6.45) is 0. The van der Waals surface area contributed by atoms with Crippen LogP contribution in [0.3, 0.4) is 0 Å². The highest BCUT2D eigenvalue weighted by molar-refractivity contribution is 6.28. The molecule has 0 aromatic rings. The first-order chi connectivity index (χ1) is 8.54. The lowest BCUT2D eigenvalue weighted by atomic mass is 10.5. The molecule has 1 N–H and O–H groups in total. The number of rotatable bonds is 7. The van der Waals surface area contributed by atoms with Crippen molar-refractivity contribution in [2.45, 2.75) is 6.92 Å². The zero-order valence-electron chi connectivity index (χ0n) is 10.4. The maximum Gasteiger partial charge on any atom is 0.325 e. The molecule has 0 fully saturated rings. The number of urea groups is 1. The Morgan fingerprint density at radius 3 is 2.50 bits per heavy atom. The van der Waals surface area contributed by atoms with Crippen molar-refractivity contribution in [1.29, 1.82) is 0 Å². The number of methoxy groups -OCH3 is 1. The standard InChI is InChI=1S/C10H17ClN2O5/c1-3-18-9(15)7-13(4-5-17-2)10(16)12-8(14)6-11/h3-7H2,1-2H3,(H,12,14,16). The first kappa shape index (κ1) is 16.7. The van der Waals surface area contributed by atoms with Gasteiger partial charge in [0.15, 0.2) is 0 Å². The van der Waals surface area contributed by atoms with Crippen LogP contribution in [0.4, 0.5) is 4.79 Å². The first-order valence-electron chi connectivity index (χ1n) is 5.34. The van der Waals surface area contributed by atoms with Crippen LogP contribution in [0.5, 0.6) is 0 Å². The Morgan fingerprint density at radius 1 is 1.33 bits per heavy atom. The fraction of sp³-hybridized carbons (Fsp3) is 0.700. The number of hydrogen-bond acceptors (Lipinski definition) is 5. The molecule has 0 bridgehead atoms. The maximum absolute atomic E-state index is 11.6. The third-order valence-electron chi connectivity index (χ3n) is 1.85. The Labute approximate surface area is 110 Å². The molecule has 0 saturated heterocycles. The molecule has 8 heteroatoms. The third kappa shape index (κ3) is 7.08.